The van der Waals surface area contributed by atoms with Crippen LogP contribution < -0.4 is 15.4 Å². The van der Waals surface area contributed by atoms with Gasteiger partial charge in [0.1, 0.15) is 5.75 Å². The molecule has 1 atom stereocenters. The van der Waals surface area contributed by atoms with Crippen LogP contribution in [0.25, 0.3) is 0 Å². The highest BCUT2D eigenvalue weighted by Crippen LogP contribution is 2.27. The first-order valence-electron chi connectivity index (χ1n) is 7.98. The van der Waals surface area contributed by atoms with E-state index in [2.05, 4.69) is 17.6 Å². The topological polar surface area (TPSA) is 67.4 Å². The van der Waals surface area contributed by atoms with Gasteiger partial charge in [-0.15, -0.1) is 0 Å². The van der Waals surface area contributed by atoms with Crippen LogP contribution in [0.5, 0.6) is 5.75 Å². The Kier molecular flexibility index (Phi) is 6.42. The number of anilines is 1. The molecule has 0 aromatic heterocycles. The summed E-state index contributed by atoms with van der Waals surface area (Å²) in [4.78, 5) is 24.1. The van der Waals surface area contributed by atoms with Crippen molar-refractivity contribution in [2.24, 2.45) is 0 Å². The third-order valence-electron chi connectivity index (χ3n) is 3.85. The van der Waals surface area contributed by atoms with Crippen LogP contribution in [0.3, 0.4) is 0 Å². The van der Waals surface area contributed by atoms with Crippen molar-refractivity contribution >= 4 is 29.1 Å². The molecule has 0 fully saturated rings. The van der Waals surface area contributed by atoms with E-state index in [-0.39, 0.29) is 6.04 Å². The summed E-state index contributed by atoms with van der Waals surface area (Å²) in [6, 6.07) is 12.4. The van der Waals surface area contributed by atoms with Gasteiger partial charge in [0.05, 0.1) is 18.2 Å². The van der Waals surface area contributed by atoms with E-state index in [1.807, 2.05) is 31.2 Å². The summed E-state index contributed by atoms with van der Waals surface area (Å²) in [6.07, 6.45) is 0.952. The average molecular weight is 361 g/mol. The Morgan fingerprint density at radius 2 is 1.80 bits per heavy atom. The van der Waals surface area contributed by atoms with Gasteiger partial charge in [-0.25, -0.2) is 0 Å². The number of methoxy groups -OCH3 is 1. The highest BCUT2D eigenvalue weighted by molar-refractivity contribution is 6.40. The van der Waals surface area contributed by atoms with Crippen LogP contribution in [0.4, 0.5) is 5.69 Å². The number of halogens is 1. The Bertz CT molecular complexity index is 760. The fourth-order valence-electron chi connectivity index (χ4n) is 2.32. The summed E-state index contributed by atoms with van der Waals surface area (Å²) < 4.78 is 5.05. The molecule has 5 nitrogen and oxygen atoms in total. The van der Waals surface area contributed by atoms with Crippen molar-refractivity contribution in [2.45, 2.75) is 26.3 Å². The maximum absolute atomic E-state index is 12.1. The molecule has 2 N–H and O–H groups in total. The van der Waals surface area contributed by atoms with Gasteiger partial charge in [0.15, 0.2) is 0 Å². The standard InChI is InChI=1S/C19H21ClN2O3/c1-4-13-5-7-14(8-6-13)12(2)21-18(23)19(24)22-15-9-10-17(25-3)16(20)11-15/h5-12H,4H2,1-3H3,(H,21,23)(H,22,24). The van der Waals surface area contributed by atoms with Crippen LogP contribution in [-0.4, -0.2) is 18.9 Å². The number of carbonyl (C=O) groups is 2. The minimum Gasteiger partial charge on any atom is -0.495 e. The lowest BCUT2D eigenvalue weighted by Gasteiger charge is -2.15. The monoisotopic (exact) mass is 360 g/mol. The fourth-order valence-corrected chi connectivity index (χ4v) is 2.58. The second-order valence-electron chi connectivity index (χ2n) is 5.59. The highest BCUT2D eigenvalue weighted by Gasteiger charge is 2.17. The van der Waals surface area contributed by atoms with Crippen LogP contribution in [0, 0.1) is 0 Å². The molecule has 0 spiro atoms. The number of carbonyl (C=O) groups excluding carboxylic acids is 2. The van der Waals surface area contributed by atoms with Gasteiger partial charge in [0, 0.05) is 5.69 Å². The zero-order valence-electron chi connectivity index (χ0n) is 14.4. The van der Waals surface area contributed by atoms with Gasteiger partial charge >= 0.3 is 11.8 Å². The van der Waals surface area contributed by atoms with E-state index in [0.717, 1.165) is 12.0 Å². The molecule has 1 unspecified atom stereocenters. The molecule has 6 heteroatoms. The molecule has 0 aliphatic carbocycles. The molecule has 2 rings (SSSR count). The first kappa shape index (κ1) is 18.8. The second kappa shape index (κ2) is 8.53. The molecular weight excluding hydrogens is 340 g/mol. The summed E-state index contributed by atoms with van der Waals surface area (Å²) in [6.45, 7) is 3.91. The van der Waals surface area contributed by atoms with E-state index in [1.54, 1.807) is 12.1 Å². The van der Waals surface area contributed by atoms with Crippen molar-refractivity contribution in [3.8, 4) is 5.75 Å². The second-order valence-corrected chi connectivity index (χ2v) is 6.00. The van der Waals surface area contributed by atoms with Crippen LogP contribution in [-0.2, 0) is 16.0 Å². The van der Waals surface area contributed by atoms with Crippen molar-refractivity contribution < 1.29 is 14.3 Å². The number of benzene rings is 2. The molecule has 132 valence electrons. The number of aryl methyl sites for hydroxylation is 1. The number of hydrogen-bond acceptors (Lipinski definition) is 3. The minimum atomic E-state index is -0.752. The average Bonchev–Trinajstić information content (AvgIpc) is 2.61. The van der Waals surface area contributed by atoms with Gasteiger partial charge in [-0.1, -0.05) is 42.8 Å². The Hall–Kier alpha value is -2.53. The van der Waals surface area contributed by atoms with Gasteiger partial charge in [-0.3, -0.25) is 9.59 Å². The smallest absolute Gasteiger partial charge is 0.313 e. The molecular formula is C19H21ClN2O3. The molecule has 25 heavy (non-hydrogen) atoms. The number of rotatable bonds is 5. The predicted molar refractivity (Wildman–Crippen MR) is 99.0 cm³/mol. The lowest BCUT2D eigenvalue weighted by molar-refractivity contribution is -0.136. The normalized spacial score (nSPS) is 11.5. The summed E-state index contributed by atoms with van der Waals surface area (Å²) in [5, 5.41) is 5.55. The number of hydrogen-bond donors (Lipinski definition) is 2. The molecule has 0 aliphatic heterocycles. The van der Waals surface area contributed by atoms with E-state index >= 15 is 0 Å². The maximum Gasteiger partial charge on any atom is 0.313 e. The summed E-state index contributed by atoms with van der Waals surface area (Å²) in [5.74, 6) is -0.967. The third kappa shape index (κ3) is 4.97. The fraction of sp³-hybridized carbons (Fsp3) is 0.263. The maximum atomic E-state index is 12.1. The number of ether oxygens (including phenoxy) is 1. The van der Waals surface area contributed by atoms with E-state index in [1.165, 1.54) is 18.7 Å². The zero-order valence-corrected chi connectivity index (χ0v) is 15.2. The predicted octanol–water partition coefficient (Wildman–Crippen LogP) is 3.73. The first-order valence-corrected chi connectivity index (χ1v) is 8.36. The molecule has 2 aromatic rings. The van der Waals surface area contributed by atoms with Crippen molar-refractivity contribution in [2.75, 3.05) is 12.4 Å². The summed E-state index contributed by atoms with van der Waals surface area (Å²) >= 11 is 6.00. The van der Waals surface area contributed by atoms with Gasteiger partial charge in [0.2, 0.25) is 0 Å². The lowest BCUT2D eigenvalue weighted by Crippen LogP contribution is -2.36. The Morgan fingerprint density at radius 3 is 2.36 bits per heavy atom. The van der Waals surface area contributed by atoms with Crippen molar-refractivity contribution in [1.29, 1.82) is 0 Å². The quantitative estimate of drug-likeness (QED) is 0.798. The van der Waals surface area contributed by atoms with E-state index in [9.17, 15) is 9.59 Å². The molecule has 2 aromatic carbocycles. The van der Waals surface area contributed by atoms with E-state index < -0.39 is 11.8 Å². The molecule has 0 heterocycles. The summed E-state index contributed by atoms with van der Waals surface area (Å²) in [5.41, 5.74) is 2.58. The molecule has 0 aliphatic rings. The Labute approximate surface area is 152 Å². The van der Waals surface area contributed by atoms with E-state index in [0.29, 0.717) is 16.5 Å². The number of amides is 2. The number of nitrogens with one attached hydrogen (secondary N) is 2. The first-order chi connectivity index (χ1) is 11.9. The van der Waals surface area contributed by atoms with Crippen molar-refractivity contribution in [3.63, 3.8) is 0 Å². The summed E-state index contributed by atoms with van der Waals surface area (Å²) in [7, 11) is 1.50. The highest BCUT2D eigenvalue weighted by atomic mass is 35.5. The lowest BCUT2D eigenvalue weighted by atomic mass is 10.1. The van der Waals surface area contributed by atoms with Crippen LogP contribution in [0.1, 0.15) is 31.0 Å². The SMILES string of the molecule is CCc1ccc(C(C)NC(=O)C(=O)Nc2ccc(OC)c(Cl)c2)cc1. The largest absolute Gasteiger partial charge is 0.495 e. The van der Waals surface area contributed by atoms with Crippen molar-refractivity contribution in [3.05, 3.63) is 58.6 Å². The Morgan fingerprint density at radius 1 is 1.12 bits per heavy atom. The van der Waals surface area contributed by atoms with Gasteiger partial charge < -0.3 is 15.4 Å². The van der Waals surface area contributed by atoms with E-state index in [4.69, 9.17) is 16.3 Å². The van der Waals surface area contributed by atoms with Gasteiger partial charge in [0.25, 0.3) is 0 Å². The minimum absolute atomic E-state index is 0.274. The zero-order chi connectivity index (χ0) is 18.4. The van der Waals surface area contributed by atoms with Crippen molar-refractivity contribution in [1.82, 2.24) is 5.32 Å². The molecule has 0 bridgehead atoms. The molecule has 2 amide bonds. The Balaban J connectivity index is 1.97. The molecule has 0 saturated heterocycles. The van der Waals surface area contributed by atoms with Gasteiger partial charge in [-0.2, -0.15) is 0 Å². The van der Waals surface area contributed by atoms with Gasteiger partial charge in [-0.05, 0) is 42.7 Å². The third-order valence-corrected chi connectivity index (χ3v) is 4.15. The molecule has 0 saturated carbocycles. The van der Waals surface area contributed by atoms with Crippen LogP contribution in [0.2, 0.25) is 5.02 Å². The van der Waals surface area contributed by atoms with Crippen LogP contribution >= 0.6 is 11.6 Å². The van der Waals surface area contributed by atoms with Crippen LogP contribution in [0.15, 0.2) is 42.5 Å². The molecule has 0 radical (unpaired) electrons.